The number of aromatic nitrogens is 2. The molecule has 0 aliphatic heterocycles. The van der Waals surface area contributed by atoms with Crippen molar-refractivity contribution in [3.63, 3.8) is 0 Å². The highest BCUT2D eigenvalue weighted by molar-refractivity contribution is 5.76. The summed E-state index contributed by atoms with van der Waals surface area (Å²) in [5.41, 5.74) is 2.38. The maximum absolute atomic E-state index is 12.7. The summed E-state index contributed by atoms with van der Waals surface area (Å²) >= 11 is 0. The number of hydrogen-bond donors (Lipinski definition) is 0. The molecular formula is C11H13FN2. The van der Waals surface area contributed by atoms with Crippen molar-refractivity contribution in [2.24, 2.45) is 0 Å². The van der Waals surface area contributed by atoms with Gasteiger partial charge in [-0.2, -0.15) is 0 Å². The lowest BCUT2D eigenvalue weighted by molar-refractivity contribution is 0.624. The van der Waals surface area contributed by atoms with Crippen LogP contribution in [0, 0.1) is 12.7 Å². The molecule has 0 amide bonds. The highest BCUT2D eigenvalue weighted by atomic mass is 19.1. The average Bonchev–Trinajstić information content (AvgIpc) is 2.21. The fraction of sp³-hybridized carbons (Fsp3) is 0.273. The highest BCUT2D eigenvalue weighted by Crippen LogP contribution is 2.12. The van der Waals surface area contributed by atoms with E-state index >= 15 is 0 Å². The summed E-state index contributed by atoms with van der Waals surface area (Å²) in [6.45, 7) is 5.93. The minimum absolute atomic E-state index is 0.347. The van der Waals surface area contributed by atoms with Crippen molar-refractivity contribution in [2.75, 3.05) is 0 Å². The van der Waals surface area contributed by atoms with Gasteiger partial charge in [-0.15, -0.1) is 0 Å². The lowest BCUT2D eigenvalue weighted by Crippen LogP contribution is -1.87. The molecule has 0 spiro atoms. The summed E-state index contributed by atoms with van der Waals surface area (Å²) in [4.78, 5) is 7.94. The molecule has 2 nitrogen and oxygen atoms in total. The highest BCUT2D eigenvalue weighted by Gasteiger charge is 1.99. The van der Waals surface area contributed by atoms with Gasteiger partial charge in [0.1, 0.15) is 5.82 Å². The maximum Gasteiger partial charge on any atom is 0.143 e. The molecule has 0 bridgehead atoms. The van der Waals surface area contributed by atoms with Crippen LogP contribution in [-0.4, -0.2) is 9.97 Å². The second-order valence-corrected chi connectivity index (χ2v) is 2.65. The molecule has 0 aliphatic carbocycles. The Morgan fingerprint density at radius 3 is 2.64 bits per heavy atom. The number of pyridine rings is 2. The van der Waals surface area contributed by atoms with E-state index < -0.39 is 0 Å². The number of fused-ring (bicyclic) bond motifs is 1. The van der Waals surface area contributed by atoms with Gasteiger partial charge in [-0.05, 0) is 18.6 Å². The Hall–Kier alpha value is -1.51. The average molecular weight is 192 g/mol. The molecule has 0 fully saturated rings. The molecule has 0 aromatic carbocycles. The smallest absolute Gasteiger partial charge is 0.143 e. The van der Waals surface area contributed by atoms with E-state index in [4.69, 9.17) is 0 Å². The lowest BCUT2D eigenvalue weighted by Gasteiger charge is -1.98. The van der Waals surface area contributed by atoms with Gasteiger partial charge >= 0.3 is 0 Å². The lowest BCUT2D eigenvalue weighted by atomic mass is 10.2. The zero-order valence-electron chi connectivity index (χ0n) is 8.58. The Morgan fingerprint density at radius 2 is 1.93 bits per heavy atom. The van der Waals surface area contributed by atoms with Crippen molar-refractivity contribution in [1.82, 2.24) is 9.97 Å². The van der Waals surface area contributed by atoms with E-state index in [1.54, 1.807) is 6.20 Å². The maximum atomic E-state index is 12.7. The predicted molar refractivity (Wildman–Crippen MR) is 55.6 cm³/mol. The summed E-state index contributed by atoms with van der Waals surface area (Å²) in [7, 11) is 0. The third kappa shape index (κ3) is 2.05. The molecule has 0 atom stereocenters. The van der Waals surface area contributed by atoms with Gasteiger partial charge in [0, 0.05) is 12.3 Å². The van der Waals surface area contributed by atoms with Crippen LogP contribution in [0.5, 0.6) is 0 Å². The first kappa shape index (κ1) is 10.6. The summed E-state index contributed by atoms with van der Waals surface area (Å²) in [5, 5.41) is 0. The fourth-order valence-electron chi connectivity index (χ4n) is 1.14. The van der Waals surface area contributed by atoms with Crippen LogP contribution in [-0.2, 0) is 0 Å². The largest absolute Gasteiger partial charge is 0.254 e. The van der Waals surface area contributed by atoms with E-state index in [1.165, 1.54) is 12.3 Å². The first-order valence-corrected chi connectivity index (χ1v) is 4.64. The number of halogens is 1. The number of hydrogen-bond acceptors (Lipinski definition) is 2. The normalized spacial score (nSPS) is 9.43. The molecule has 0 N–H and O–H groups in total. The Bertz CT molecular complexity index is 427. The molecule has 0 saturated heterocycles. The molecule has 2 aromatic rings. The van der Waals surface area contributed by atoms with Crippen LogP contribution >= 0.6 is 0 Å². The van der Waals surface area contributed by atoms with E-state index in [2.05, 4.69) is 9.97 Å². The molecule has 74 valence electrons. The predicted octanol–water partition coefficient (Wildman–Crippen LogP) is 3.10. The van der Waals surface area contributed by atoms with E-state index in [1.807, 2.05) is 26.8 Å². The van der Waals surface area contributed by atoms with Crippen molar-refractivity contribution in [1.29, 1.82) is 0 Å². The quantitative estimate of drug-likeness (QED) is 0.641. The molecule has 2 rings (SSSR count). The van der Waals surface area contributed by atoms with Crippen molar-refractivity contribution in [3.8, 4) is 0 Å². The minimum Gasteiger partial charge on any atom is -0.254 e. The van der Waals surface area contributed by atoms with Crippen LogP contribution in [0.3, 0.4) is 0 Å². The van der Waals surface area contributed by atoms with Crippen LogP contribution in [0.25, 0.3) is 11.0 Å². The first-order valence-electron chi connectivity index (χ1n) is 4.64. The van der Waals surface area contributed by atoms with Crippen LogP contribution in [0.15, 0.2) is 24.5 Å². The van der Waals surface area contributed by atoms with Gasteiger partial charge in [0.15, 0.2) is 0 Å². The zero-order valence-corrected chi connectivity index (χ0v) is 8.58. The van der Waals surface area contributed by atoms with Gasteiger partial charge in [-0.1, -0.05) is 13.8 Å². The molecule has 3 heteroatoms. The van der Waals surface area contributed by atoms with Gasteiger partial charge in [0.25, 0.3) is 0 Å². The van der Waals surface area contributed by atoms with E-state index in [-0.39, 0.29) is 5.82 Å². The Labute approximate surface area is 82.8 Å². The number of nitrogens with zero attached hydrogens (tertiary/aromatic N) is 2. The first-order chi connectivity index (χ1) is 6.77. The third-order valence-electron chi connectivity index (χ3n) is 1.75. The zero-order chi connectivity index (χ0) is 10.6. The molecule has 2 aromatic heterocycles. The fourth-order valence-corrected chi connectivity index (χ4v) is 1.14. The van der Waals surface area contributed by atoms with Crippen LogP contribution in [0.1, 0.15) is 19.4 Å². The van der Waals surface area contributed by atoms with Gasteiger partial charge in [-0.25, -0.2) is 4.39 Å². The minimum atomic E-state index is -0.347. The van der Waals surface area contributed by atoms with Crippen molar-refractivity contribution < 1.29 is 4.39 Å². The second-order valence-electron chi connectivity index (χ2n) is 2.65. The summed E-state index contributed by atoms with van der Waals surface area (Å²) in [5.74, 6) is -0.347. The van der Waals surface area contributed by atoms with Crippen LogP contribution < -0.4 is 0 Å². The van der Waals surface area contributed by atoms with Crippen molar-refractivity contribution >= 4 is 11.0 Å². The summed E-state index contributed by atoms with van der Waals surface area (Å²) in [6, 6.07) is 3.24. The second kappa shape index (κ2) is 4.65. The molecule has 0 radical (unpaired) electrons. The topological polar surface area (TPSA) is 25.8 Å². The Morgan fingerprint density at radius 1 is 1.21 bits per heavy atom. The molecule has 0 saturated carbocycles. The van der Waals surface area contributed by atoms with Gasteiger partial charge in [-0.3, -0.25) is 9.97 Å². The Balaban J connectivity index is 0.000000461. The van der Waals surface area contributed by atoms with Crippen LogP contribution in [0.2, 0.25) is 0 Å². The molecule has 14 heavy (non-hydrogen) atoms. The van der Waals surface area contributed by atoms with Gasteiger partial charge in [0.05, 0.1) is 17.2 Å². The van der Waals surface area contributed by atoms with Gasteiger partial charge in [0.2, 0.25) is 0 Å². The monoisotopic (exact) mass is 192 g/mol. The van der Waals surface area contributed by atoms with E-state index in [0.29, 0.717) is 5.52 Å². The SMILES string of the molecule is CC.Cc1ccnc2cc(F)cnc12. The molecular weight excluding hydrogens is 179 g/mol. The molecule has 0 aliphatic rings. The molecule has 0 unspecified atom stereocenters. The standard InChI is InChI=1S/C9H7FN2.C2H6/c1-6-2-3-11-8-4-7(10)5-12-9(6)8;1-2/h2-5H,1H3;1-2H3. The van der Waals surface area contributed by atoms with Gasteiger partial charge < -0.3 is 0 Å². The van der Waals surface area contributed by atoms with Crippen molar-refractivity contribution in [2.45, 2.75) is 20.8 Å². The number of rotatable bonds is 0. The summed E-state index contributed by atoms with van der Waals surface area (Å²) in [6.07, 6.45) is 2.86. The molecule has 2 heterocycles. The van der Waals surface area contributed by atoms with E-state index in [9.17, 15) is 4.39 Å². The van der Waals surface area contributed by atoms with Crippen molar-refractivity contribution in [3.05, 3.63) is 35.9 Å². The van der Waals surface area contributed by atoms with Crippen LogP contribution in [0.4, 0.5) is 4.39 Å². The number of aryl methyl sites for hydroxylation is 1. The Kier molecular flexibility index (Phi) is 3.51. The third-order valence-corrected chi connectivity index (χ3v) is 1.75. The van der Waals surface area contributed by atoms with E-state index in [0.717, 1.165) is 11.1 Å². The summed E-state index contributed by atoms with van der Waals surface area (Å²) < 4.78 is 12.7.